The minimum absolute atomic E-state index is 0.282. The number of aromatic nitrogens is 5. The van der Waals surface area contributed by atoms with Crippen LogP contribution in [0.4, 0.5) is 8.78 Å². The molecule has 0 radical (unpaired) electrons. The van der Waals surface area contributed by atoms with E-state index >= 15 is 0 Å². The first-order valence-electron chi connectivity index (χ1n) is 12.9. The van der Waals surface area contributed by atoms with Gasteiger partial charge in [0.05, 0.1) is 40.5 Å². The molecular formula is C29H27F2N7O. The number of hydrogen-bond acceptors (Lipinski definition) is 6. The number of piperidine rings is 1. The highest BCUT2D eigenvalue weighted by Gasteiger charge is 2.23. The number of hydrogen-bond donors (Lipinski definition) is 0. The van der Waals surface area contributed by atoms with Gasteiger partial charge in [0.2, 0.25) is 0 Å². The largest absolute Gasteiger partial charge is 0.464 e. The van der Waals surface area contributed by atoms with E-state index in [1.807, 2.05) is 28.8 Å². The number of imidazole rings is 2. The first kappa shape index (κ1) is 24.9. The van der Waals surface area contributed by atoms with Gasteiger partial charge in [-0.25, -0.2) is 18.7 Å². The lowest BCUT2D eigenvalue weighted by molar-refractivity contribution is 0.137. The first-order valence-corrected chi connectivity index (χ1v) is 12.9. The van der Waals surface area contributed by atoms with Crippen molar-refractivity contribution in [2.24, 2.45) is 13.0 Å². The van der Waals surface area contributed by atoms with Crippen molar-refractivity contribution in [2.75, 3.05) is 26.7 Å². The van der Waals surface area contributed by atoms with Crippen molar-refractivity contribution in [1.29, 1.82) is 5.26 Å². The molecule has 1 atom stereocenters. The summed E-state index contributed by atoms with van der Waals surface area (Å²) >= 11 is 0. The fourth-order valence-corrected chi connectivity index (χ4v) is 5.40. The van der Waals surface area contributed by atoms with Crippen LogP contribution in [0.3, 0.4) is 0 Å². The molecule has 5 aromatic rings. The summed E-state index contributed by atoms with van der Waals surface area (Å²) in [6.45, 7) is 2.60. The number of alkyl halides is 2. The zero-order chi connectivity index (χ0) is 27.1. The molecule has 1 saturated heterocycles. The van der Waals surface area contributed by atoms with E-state index in [-0.39, 0.29) is 5.82 Å². The average Bonchev–Trinajstić information content (AvgIpc) is 3.56. The lowest BCUT2D eigenvalue weighted by Gasteiger charge is -2.29. The van der Waals surface area contributed by atoms with Crippen molar-refractivity contribution < 1.29 is 13.5 Å². The molecule has 1 aliphatic heterocycles. The molecule has 6 rings (SSSR count). The van der Waals surface area contributed by atoms with Crippen LogP contribution in [0.15, 0.2) is 54.9 Å². The molecule has 198 valence electrons. The van der Waals surface area contributed by atoms with Gasteiger partial charge in [0.1, 0.15) is 0 Å². The maximum absolute atomic E-state index is 13.5. The fraction of sp³-hybridized carbons (Fsp3) is 0.310. The summed E-state index contributed by atoms with van der Waals surface area (Å²) in [7, 11) is 3.71. The fourth-order valence-electron chi connectivity index (χ4n) is 5.40. The number of fused-ring (bicyclic) bond motifs is 2. The molecule has 0 spiro atoms. The minimum atomic E-state index is -2.68. The lowest BCUT2D eigenvalue weighted by Crippen LogP contribution is -2.35. The molecule has 1 fully saturated rings. The number of nitrogens with zero attached hydrogens (tertiary/aromatic N) is 7. The normalized spacial score (nSPS) is 16.3. The Morgan fingerprint density at radius 1 is 1.10 bits per heavy atom. The van der Waals surface area contributed by atoms with Crippen molar-refractivity contribution >= 4 is 16.7 Å². The molecule has 10 heteroatoms. The third-order valence-electron chi connectivity index (χ3n) is 7.37. The Kier molecular flexibility index (Phi) is 6.45. The second kappa shape index (κ2) is 10.1. The van der Waals surface area contributed by atoms with Crippen LogP contribution in [-0.2, 0) is 7.05 Å². The highest BCUT2D eigenvalue weighted by atomic mass is 19.3. The van der Waals surface area contributed by atoms with Gasteiger partial charge in [0.25, 0.3) is 6.43 Å². The number of nitriles is 1. The van der Waals surface area contributed by atoms with Crippen LogP contribution >= 0.6 is 0 Å². The molecule has 0 saturated carbocycles. The van der Waals surface area contributed by atoms with Crippen LogP contribution in [0.1, 0.15) is 30.7 Å². The predicted molar refractivity (Wildman–Crippen MR) is 144 cm³/mol. The topological polar surface area (TPSA) is 84.3 Å². The Bertz CT molecular complexity index is 1700. The molecule has 39 heavy (non-hydrogen) atoms. The van der Waals surface area contributed by atoms with Crippen LogP contribution in [0.2, 0.25) is 0 Å². The number of benzene rings is 2. The van der Waals surface area contributed by atoms with E-state index in [9.17, 15) is 14.0 Å². The molecular weight excluding hydrogens is 500 g/mol. The third kappa shape index (κ3) is 4.59. The molecule has 2 aromatic carbocycles. The predicted octanol–water partition coefficient (Wildman–Crippen LogP) is 5.48. The molecule has 0 bridgehead atoms. The van der Waals surface area contributed by atoms with E-state index in [1.165, 1.54) is 4.57 Å². The van der Waals surface area contributed by atoms with E-state index in [0.29, 0.717) is 46.5 Å². The number of rotatable bonds is 6. The SMILES string of the molecule is CN1CCC[C@@H](COc2nc(-c3ccc(C#N)cc3)c(-c3ccc4c(c3)nc(C(F)F)n4C)c3nccn23)C1. The van der Waals surface area contributed by atoms with Gasteiger partial charge in [-0.05, 0) is 56.3 Å². The van der Waals surface area contributed by atoms with E-state index in [1.54, 1.807) is 37.5 Å². The van der Waals surface area contributed by atoms with Gasteiger partial charge in [-0.15, -0.1) is 0 Å². The van der Waals surface area contributed by atoms with Crippen molar-refractivity contribution in [2.45, 2.75) is 19.3 Å². The molecule has 0 unspecified atom stereocenters. The summed E-state index contributed by atoms with van der Waals surface area (Å²) in [5.74, 6) is 0.119. The zero-order valence-corrected chi connectivity index (χ0v) is 21.7. The van der Waals surface area contributed by atoms with Gasteiger partial charge >= 0.3 is 6.01 Å². The zero-order valence-electron chi connectivity index (χ0n) is 21.7. The highest BCUT2D eigenvalue weighted by molar-refractivity contribution is 5.94. The lowest BCUT2D eigenvalue weighted by atomic mass is 9.99. The number of likely N-dealkylation sites (tertiary alicyclic amines) is 1. The van der Waals surface area contributed by atoms with Gasteiger partial charge < -0.3 is 14.2 Å². The summed E-state index contributed by atoms with van der Waals surface area (Å²) in [6.07, 6.45) is 3.06. The van der Waals surface area contributed by atoms with E-state index in [2.05, 4.69) is 28.0 Å². The highest BCUT2D eigenvalue weighted by Crippen LogP contribution is 2.37. The van der Waals surface area contributed by atoms with Crippen molar-refractivity contribution in [1.82, 2.24) is 28.8 Å². The molecule has 8 nitrogen and oxygen atoms in total. The summed E-state index contributed by atoms with van der Waals surface area (Å²) < 4.78 is 36.6. The smallest absolute Gasteiger partial charge is 0.302 e. The van der Waals surface area contributed by atoms with Gasteiger partial charge in [-0.3, -0.25) is 4.40 Å². The Morgan fingerprint density at radius 2 is 1.90 bits per heavy atom. The molecule has 0 aliphatic carbocycles. The molecule has 3 aromatic heterocycles. The maximum Gasteiger partial charge on any atom is 0.302 e. The van der Waals surface area contributed by atoms with Gasteiger partial charge in [0.15, 0.2) is 11.5 Å². The monoisotopic (exact) mass is 527 g/mol. The summed E-state index contributed by atoms with van der Waals surface area (Å²) in [6, 6.07) is 15.2. The Hall–Kier alpha value is -4.36. The summed E-state index contributed by atoms with van der Waals surface area (Å²) in [5.41, 5.74) is 5.11. The van der Waals surface area contributed by atoms with Crippen molar-refractivity contribution in [3.8, 4) is 34.5 Å². The molecule has 0 amide bonds. The van der Waals surface area contributed by atoms with E-state index < -0.39 is 6.43 Å². The van der Waals surface area contributed by atoms with E-state index in [0.717, 1.165) is 42.6 Å². The van der Waals surface area contributed by atoms with Crippen LogP contribution in [-0.4, -0.2) is 55.6 Å². The Labute approximate surface area is 224 Å². The summed E-state index contributed by atoms with van der Waals surface area (Å²) in [5, 5.41) is 9.30. The molecule has 0 N–H and O–H groups in total. The second-order valence-corrected chi connectivity index (χ2v) is 10.0. The molecule has 4 heterocycles. The minimum Gasteiger partial charge on any atom is -0.464 e. The van der Waals surface area contributed by atoms with Crippen molar-refractivity contribution in [3.05, 3.63) is 66.2 Å². The number of halogens is 2. The molecule has 1 aliphatic rings. The van der Waals surface area contributed by atoms with Crippen LogP contribution in [0.25, 0.3) is 39.1 Å². The van der Waals surface area contributed by atoms with Crippen molar-refractivity contribution in [3.63, 3.8) is 0 Å². The maximum atomic E-state index is 13.5. The van der Waals surface area contributed by atoms with Crippen LogP contribution < -0.4 is 4.74 Å². The third-order valence-corrected chi connectivity index (χ3v) is 7.37. The second-order valence-electron chi connectivity index (χ2n) is 10.0. The van der Waals surface area contributed by atoms with Crippen LogP contribution in [0, 0.1) is 17.2 Å². The Balaban J connectivity index is 1.50. The van der Waals surface area contributed by atoms with Gasteiger partial charge in [0, 0.05) is 37.5 Å². The standard InChI is InChI=1S/C29H27F2N7O/c1-36-12-3-4-19(16-36)17-39-29-35-25(20-7-5-18(15-32)6-8-20)24(27-33-11-13-38(27)29)21-9-10-23-22(14-21)34-28(26(30)31)37(23)2/h5-11,13-14,19,26H,3-4,12,16-17H2,1-2H3/t19-/m1/s1. The Morgan fingerprint density at radius 3 is 2.64 bits per heavy atom. The van der Waals surface area contributed by atoms with Gasteiger partial charge in [-0.2, -0.15) is 10.2 Å². The summed E-state index contributed by atoms with van der Waals surface area (Å²) in [4.78, 5) is 16.1. The number of ether oxygens (including phenoxy) is 1. The quantitative estimate of drug-likeness (QED) is 0.291. The average molecular weight is 528 g/mol. The van der Waals surface area contributed by atoms with E-state index in [4.69, 9.17) is 9.72 Å². The van der Waals surface area contributed by atoms with Gasteiger partial charge in [-0.1, -0.05) is 18.2 Å². The van der Waals surface area contributed by atoms with Crippen LogP contribution in [0.5, 0.6) is 6.01 Å². The number of aryl methyl sites for hydroxylation is 1. The first-order chi connectivity index (χ1) is 18.9.